The number of ether oxygens (including phenoxy) is 1. The van der Waals surface area contributed by atoms with Crippen molar-refractivity contribution >= 4 is 5.97 Å². The number of hydrogen-bond donors (Lipinski definition) is 1. The van der Waals surface area contributed by atoms with Crippen LogP contribution in [-0.4, -0.2) is 18.6 Å². The summed E-state index contributed by atoms with van der Waals surface area (Å²) in [5.74, 6) is -0.619. The maximum Gasteiger partial charge on any atom is 0.416 e. The fourth-order valence-corrected chi connectivity index (χ4v) is 2.82. The smallest absolute Gasteiger partial charge is 0.416 e. The second-order valence-electron chi connectivity index (χ2n) is 4.98. The van der Waals surface area contributed by atoms with Gasteiger partial charge in [0.2, 0.25) is 0 Å². The lowest BCUT2D eigenvalue weighted by molar-refractivity contribution is -0.144. The van der Waals surface area contributed by atoms with Crippen molar-refractivity contribution in [3.8, 4) is 0 Å². The van der Waals surface area contributed by atoms with Crippen molar-refractivity contribution < 1.29 is 22.7 Å². The molecule has 0 radical (unpaired) electrons. The molecule has 1 aliphatic heterocycles. The zero-order chi connectivity index (χ0) is 13.8. The zero-order valence-corrected chi connectivity index (χ0v) is 10.2. The van der Waals surface area contributed by atoms with Crippen LogP contribution in [0.25, 0.3) is 0 Å². The summed E-state index contributed by atoms with van der Waals surface area (Å²) >= 11 is 0. The first-order valence-corrected chi connectivity index (χ1v) is 5.92. The maximum absolute atomic E-state index is 12.7. The molecule has 3 rings (SSSR count). The third kappa shape index (κ3) is 1.74. The number of fused-ring (bicyclic) bond motifs is 3. The van der Waals surface area contributed by atoms with Gasteiger partial charge in [-0.1, -0.05) is 6.07 Å². The first-order valence-electron chi connectivity index (χ1n) is 5.92. The molecule has 102 valence electrons. The molecule has 0 spiro atoms. The van der Waals surface area contributed by atoms with E-state index in [2.05, 4.69) is 5.32 Å². The lowest BCUT2D eigenvalue weighted by Crippen LogP contribution is -2.43. The van der Waals surface area contributed by atoms with Gasteiger partial charge < -0.3 is 4.74 Å². The van der Waals surface area contributed by atoms with E-state index in [-0.39, 0.29) is 5.92 Å². The third-order valence-electron chi connectivity index (χ3n) is 3.95. The summed E-state index contributed by atoms with van der Waals surface area (Å²) in [4.78, 5) is 11.7. The van der Waals surface area contributed by atoms with Crippen LogP contribution in [0.4, 0.5) is 13.2 Å². The number of carbonyl (C=O) groups is 1. The summed E-state index contributed by atoms with van der Waals surface area (Å²) < 4.78 is 42.9. The van der Waals surface area contributed by atoms with Gasteiger partial charge in [0.15, 0.2) is 0 Å². The van der Waals surface area contributed by atoms with Crippen LogP contribution in [0, 0.1) is 0 Å². The van der Waals surface area contributed by atoms with Crippen molar-refractivity contribution in [3.05, 3.63) is 34.9 Å². The van der Waals surface area contributed by atoms with Gasteiger partial charge in [-0.2, -0.15) is 13.2 Å². The standard InChI is InChI=1S/C13H12F3NO2/c1-19-11(18)12-5-10(12)9-4-8(13(14,15)16)3-2-7(9)6-17-12/h2-4,10,17H,5-6H2,1H3/t10-,12+/m0/s1. The van der Waals surface area contributed by atoms with Crippen LogP contribution in [0.5, 0.6) is 0 Å². The molecule has 0 saturated heterocycles. The predicted octanol–water partition coefficient (Wildman–Crippen LogP) is 2.21. The van der Waals surface area contributed by atoms with E-state index in [0.717, 1.165) is 17.7 Å². The number of alkyl halides is 3. The lowest BCUT2D eigenvalue weighted by atomic mass is 9.94. The quantitative estimate of drug-likeness (QED) is 0.796. The summed E-state index contributed by atoms with van der Waals surface area (Å²) in [6.07, 6.45) is -3.86. The minimum atomic E-state index is -4.36. The summed E-state index contributed by atoms with van der Waals surface area (Å²) in [7, 11) is 1.29. The Morgan fingerprint density at radius 3 is 2.84 bits per heavy atom. The van der Waals surface area contributed by atoms with E-state index in [1.54, 1.807) is 0 Å². The lowest BCUT2D eigenvalue weighted by Gasteiger charge is -2.24. The minimum absolute atomic E-state index is 0.217. The van der Waals surface area contributed by atoms with E-state index in [0.29, 0.717) is 18.5 Å². The van der Waals surface area contributed by atoms with E-state index < -0.39 is 23.2 Å². The van der Waals surface area contributed by atoms with Gasteiger partial charge in [0.1, 0.15) is 5.54 Å². The fraction of sp³-hybridized carbons (Fsp3) is 0.462. The molecule has 2 aliphatic rings. The van der Waals surface area contributed by atoms with E-state index in [4.69, 9.17) is 4.74 Å². The molecule has 1 aromatic carbocycles. The maximum atomic E-state index is 12.7. The molecule has 1 aliphatic carbocycles. The number of hydrogen-bond acceptors (Lipinski definition) is 3. The van der Waals surface area contributed by atoms with Crippen LogP contribution >= 0.6 is 0 Å². The number of rotatable bonds is 1. The Balaban J connectivity index is 1.99. The first kappa shape index (κ1) is 12.5. The van der Waals surface area contributed by atoms with Gasteiger partial charge >= 0.3 is 12.1 Å². The van der Waals surface area contributed by atoms with Crippen LogP contribution < -0.4 is 5.32 Å². The van der Waals surface area contributed by atoms with Crippen molar-refractivity contribution in [2.24, 2.45) is 0 Å². The number of nitrogens with one attached hydrogen (secondary N) is 1. The Morgan fingerprint density at radius 2 is 2.21 bits per heavy atom. The molecule has 6 heteroatoms. The molecule has 1 fully saturated rings. The third-order valence-corrected chi connectivity index (χ3v) is 3.95. The number of carbonyl (C=O) groups excluding carboxylic acids is 1. The molecule has 2 atom stereocenters. The molecule has 0 bridgehead atoms. The Labute approximate surface area is 107 Å². The van der Waals surface area contributed by atoms with Gasteiger partial charge in [0.05, 0.1) is 12.7 Å². The summed E-state index contributed by atoms with van der Waals surface area (Å²) in [5.41, 5.74) is -0.0563. The molecular formula is C13H12F3NO2. The highest BCUT2D eigenvalue weighted by Gasteiger charge is 2.63. The SMILES string of the molecule is COC(=O)[C@@]12C[C@H]1c1cc(C(F)(F)F)ccc1CN2. The monoisotopic (exact) mass is 271 g/mol. The molecular weight excluding hydrogens is 259 g/mol. The highest BCUT2D eigenvalue weighted by atomic mass is 19.4. The Morgan fingerprint density at radius 1 is 1.47 bits per heavy atom. The molecule has 0 unspecified atom stereocenters. The van der Waals surface area contributed by atoms with Gasteiger partial charge in [-0.05, 0) is 29.7 Å². The van der Waals surface area contributed by atoms with Crippen LogP contribution in [0.15, 0.2) is 18.2 Å². The van der Waals surface area contributed by atoms with Crippen molar-refractivity contribution in [2.75, 3.05) is 7.11 Å². The fourth-order valence-electron chi connectivity index (χ4n) is 2.82. The van der Waals surface area contributed by atoms with Crippen molar-refractivity contribution in [1.82, 2.24) is 5.32 Å². The summed E-state index contributed by atoms with van der Waals surface area (Å²) in [5, 5.41) is 3.08. The molecule has 0 aromatic heterocycles. The largest absolute Gasteiger partial charge is 0.468 e. The molecule has 1 aromatic rings. The number of methoxy groups -OCH3 is 1. The van der Waals surface area contributed by atoms with Crippen LogP contribution in [-0.2, 0) is 22.3 Å². The van der Waals surface area contributed by atoms with E-state index >= 15 is 0 Å². The number of esters is 1. The Kier molecular flexibility index (Phi) is 2.44. The second kappa shape index (κ2) is 3.72. The van der Waals surface area contributed by atoms with Crippen molar-refractivity contribution in [3.63, 3.8) is 0 Å². The van der Waals surface area contributed by atoms with E-state index in [1.165, 1.54) is 13.2 Å². The molecule has 19 heavy (non-hydrogen) atoms. The Hall–Kier alpha value is -1.56. The summed E-state index contributed by atoms with van der Waals surface area (Å²) in [6, 6.07) is 3.71. The highest BCUT2D eigenvalue weighted by Crippen LogP contribution is 2.56. The van der Waals surface area contributed by atoms with Crippen LogP contribution in [0.1, 0.15) is 29.0 Å². The van der Waals surface area contributed by atoms with Gasteiger partial charge in [-0.3, -0.25) is 10.1 Å². The summed E-state index contributed by atoms with van der Waals surface area (Å²) in [6.45, 7) is 0.388. The predicted molar refractivity (Wildman–Crippen MR) is 60.4 cm³/mol. The average Bonchev–Trinajstić information content (AvgIpc) is 3.12. The molecule has 1 N–H and O–H groups in total. The molecule has 0 amide bonds. The van der Waals surface area contributed by atoms with Crippen molar-refractivity contribution in [2.45, 2.75) is 30.6 Å². The number of halogens is 3. The van der Waals surface area contributed by atoms with Gasteiger partial charge in [-0.25, -0.2) is 0 Å². The second-order valence-corrected chi connectivity index (χ2v) is 4.98. The minimum Gasteiger partial charge on any atom is -0.468 e. The van der Waals surface area contributed by atoms with Crippen LogP contribution in [0.2, 0.25) is 0 Å². The molecule has 1 heterocycles. The number of benzene rings is 1. The van der Waals surface area contributed by atoms with Crippen molar-refractivity contribution in [1.29, 1.82) is 0 Å². The zero-order valence-electron chi connectivity index (χ0n) is 10.2. The van der Waals surface area contributed by atoms with Gasteiger partial charge in [-0.15, -0.1) is 0 Å². The Bertz CT molecular complexity index is 555. The topological polar surface area (TPSA) is 38.3 Å². The highest BCUT2D eigenvalue weighted by molar-refractivity contribution is 5.87. The van der Waals surface area contributed by atoms with Crippen LogP contribution in [0.3, 0.4) is 0 Å². The first-order chi connectivity index (χ1) is 8.88. The molecule has 3 nitrogen and oxygen atoms in total. The van der Waals surface area contributed by atoms with Gasteiger partial charge in [0, 0.05) is 12.5 Å². The van der Waals surface area contributed by atoms with E-state index in [9.17, 15) is 18.0 Å². The molecule has 1 saturated carbocycles. The van der Waals surface area contributed by atoms with E-state index in [1.807, 2.05) is 0 Å². The van der Waals surface area contributed by atoms with Gasteiger partial charge in [0.25, 0.3) is 0 Å². The average molecular weight is 271 g/mol. The normalized spacial score (nSPS) is 28.3.